The summed E-state index contributed by atoms with van der Waals surface area (Å²) in [6.07, 6.45) is 0. The van der Waals surface area contributed by atoms with Gasteiger partial charge in [-0.05, 0) is 32.0 Å². The van der Waals surface area contributed by atoms with E-state index < -0.39 is 17.9 Å². The number of carbonyl (C=O) groups is 2. The van der Waals surface area contributed by atoms with Crippen molar-refractivity contribution in [3.05, 3.63) is 35.0 Å². The van der Waals surface area contributed by atoms with E-state index in [0.29, 0.717) is 10.7 Å². The fourth-order valence-corrected chi connectivity index (χ4v) is 2.02. The van der Waals surface area contributed by atoms with Crippen molar-refractivity contribution in [1.29, 1.82) is 0 Å². The molecule has 0 spiro atoms. The largest absolute Gasteiger partial charge is 0.481 e. The number of aliphatic carboxylic acids is 1. The maximum Gasteiger partial charge on any atom is 0.308 e. The third-order valence-electron chi connectivity index (χ3n) is 3.33. The molecule has 0 fully saturated rings. The molecule has 0 aliphatic rings. The van der Waals surface area contributed by atoms with E-state index in [-0.39, 0.29) is 5.91 Å². The van der Waals surface area contributed by atoms with Crippen molar-refractivity contribution < 1.29 is 14.7 Å². The number of H-pyrrole nitrogens is 1. The number of carbonyl (C=O) groups excluding carboxylic acids is 1. The summed E-state index contributed by atoms with van der Waals surface area (Å²) in [4.78, 5) is 25.9. The fourth-order valence-electron chi connectivity index (χ4n) is 1.85. The van der Waals surface area contributed by atoms with Crippen molar-refractivity contribution in [1.82, 2.24) is 10.3 Å². The average Bonchev–Trinajstić information content (AvgIpc) is 2.80. The van der Waals surface area contributed by atoms with Crippen LogP contribution < -0.4 is 5.32 Å². The Labute approximate surface area is 120 Å². The number of carboxylic acids is 1. The van der Waals surface area contributed by atoms with Gasteiger partial charge in [0.05, 0.1) is 5.92 Å². The number of benzene rings is 1. The minimum absolute atomic E-state index is 0.335. The van der Waals surface area contributed by atoms with E-state index in [2.05, 4.69) is 10.3 Å². The van der Waals surface area contributed by atoms with E-state index in [1.807, 2.05) is 6.07 Å². The summed E-state index contributed by atoms with van der Waals surface area (Å²) in [5.41, 5.74) is 1.15. The van der Waals surface area contributed by atoms with Crippen molar-refractivity contribution >= 4 is 34.4 Å². The number of aromatic amines is 1. The molecule has 0 aliphatic carbocycles. The van der Waals surface area contributed by atoms with Gasteiger partial charge in [-0.2, -0.15) is 0 Å². The highest BCUT2D eigenvalue weighted by atomic mass is 35.5. The van der Waals surface area contributed by atoms with Crippen LogP contribution in [-0.2, 0) is 4.79 Å². The molecule has 6 heteroatoms. The second kappa shape index (κ2) is 5.54. The smallest absolute Gasteiger partial charge is 0.308 e. The predicted molar refractivity (Wildman–Crippen MR) is 77.0 cm³/mol. The number of hydrogen-bond donors (Lipinski definition) is 3. The monoisotopic (exact) mass is 294 g/mol. The third kappa shape index (κ3) is 2.93. The number of halogens is 1. The lowest BCUT2D eigenvalue weighted by Crippen LogP contribution is -2.40. The van der Waals surface area contributed by atoms with Gasteiger partial charge in [0.15, 0.2) is 0 Å². The number of fused-ring (bicyclic) bond motifs is 1. The minimum atomic E-state index is -0.943. The Kier molecular flexibility index (Phi) is 3.99. The van der Waals surface area contributed by atoms with Gasteiger partial charge in [-0.15, -0.1) is 0 Å². The van der Waals surface area contributed by atoms with Crippen molar-refractivity contribution in [3.8, 4) is 0 Å². The molecule has 106 valence electrons. The Morgan fingerprint density at radius 2 is 2.00 bits per heavy atom. The van der Waals surface area contributed by atoms with Crippen LogP contribution in [0.2, 0.25) is 5.02 Å². The molecule has 3 N–H and O–H groups in total. The van der Waals surface area contributed by atoms with Crippen molar-refractivity contribution in [2.75, 3.05) is 0 Å². The lowest BCUT2D eigenvalue weighted by atomic mass is 10.0. The molecule has 5 nitrogen and oxygen atoms in total. The van der Waals surface area contributed by atoms with E-state index in [1.165, 1.54) is 0 Å². The Hall–Kier alpha value is -2.01. The van der Waals surface area contributed by atoms with E-state index in [4.69, 9.17) is 16.7 Å². The molecule has 0 bridgehead atoms. The Balaban J connectivity index is 2.17. The molecule has 1 aromatic heterocycles. The number of hydrogen-bond acceptors (Lipinski definition) is 2. The van der Waals surface area contributed by atoms with Crippen LogP contribution in [0, 0.1) is 5.92 Å². The zero-order valence-electron chi connectivity index (χ0n) is 11.1. The summed E-state index contributed by atoms with van der Waals surface area (Å²) in [5.74, 6) is -1.93. The highest BCUT2D eigenvalue weighted by molar-refractivity contribution is 6.31. The minimum Gasteiger partial charge on any atom is -0.481 e. The molecule has 0 aliphatic heterocycles. The first kappa shape index (κ1) is 14.4. The molecule has 20 heavy (non-hydrogen) atoms. The van der Waals surface area contributed by atoms with Crippen LogP contribution in [0.15, 0.2) is 24.3 Å². The number of aromatic nitrogens is 1. The van der Waals surface area contributed by atoms with Crippen molar-refractivity contribution in [2.45, 2.75) is 19.9 Å². The van der Waals surface area contributed by atoms with Crippen LogP contribution >= 0.6 is 11.6 Å². The first-order valence-electron chi connectivity index (χ1n) is 6.20. The summed E-state index contributed by atoms with van der Waals surface area (Å²) in [7, 11) is 0. The first-order chi connectivity index (χ1) is 9.38. The van der Waals surface area contributed by atoms with Gasteiger partial charge < -0.3 is 15.4 Å². The second-order valence-electron chi connectivity index (χ2n) is 4.80. The van der Waals surface area contributed by atoms with Gasteiger partial charge in [0.25, 0.3) is 5.91 Å². The number of amides is 1. The van der Waals surface area contributed by atoms with Crippen LogP contribution in [0.5, 0.6) is 0 Å². The van der Waals surface area contributed by atoms with Gasteiger partial charge in [-0.25, -0.2) is 0 Å². The Morgan fingerprint density at radius 1 is 1.30 bits per heavy atom. The molecule has 2 aromatic rings. The molecule has 2 unspecified atom stereocenters. The molecule has 0 saturated heterocycles. The Bertz CT molecular complexity index is 665. The maximum atomic E-state index is 12.1. The summed E-state index contributed by atoms with van der Waals surface area (Å²) in [5, 5.41) is 13.0. The van der Waals surface area contributed by atoms with Gasteiger partial charge in [-0.1, -0.05) is 17.7 Å². The summed E-state index contributed by atoms with van der Waals surface area (Å²) in [6, 6.07) is 6.54. The third-order valence-corrected chi connectivity index (χ3v) is 3.56. The van der Waals surface area contributed by atoms with Crippen LogP contribution in [-0.4, -0.2) is 28.0 Å². The van der Waals surface area contributed by atoms with E-state index >= 15 is 0 Å². The Morgan fingerprint density at radius 3 is 2.65 bits per heavy atom. The molecule has 1 amide bonds. The van der Waals surface area contributed by atoms with Crippen LogP contribution in [0.4, 0.5) is 0 Å². The first-order valence-corrected chi connectivity index (χ1v) is 6.58. The summed E-state index contributed by atoms with van der Waals surface area (Å²) >= 11 is 5.88. The number of nitrogens with one attached hydrogen (secondary N) is 2. The van der Waals surface area contributed by atoms with E-state index in [1.54, 1.807) is 32.0 Å². The molecule has 2 atom stereocenters. The van der Waals surface area contributed by atoms with Gasteiger partial charge in [-0.3, -0.25) is 9.59 Å². The predicted octanol–water partition coefficient (Wildman–Crippen LogP) is 2.66. The molecular formula is C14H15ClN2O3. The molecular weight excluding hydrogens is 280 g/mol. The second-order valence-corrected chi connectivity index (χ2v) is 5.24. The maximum absolute atomic E-state index is 12.1. The number of carboxylic acid groups (broad SMARTS) is 1. The standard InChI is InChI=1S/C14H15ClN2O3/c1-7(14(19)20)8(2)16-13(18)12-5-9-3-4-10(15)6-11(9)17-12/h3-8,17H,1-2H3,(H,16,18)(H,19,20). The van der Waals surface area contributed by atoms with Crippen molar-refractivity contribution in [3.63, 3.8) is 0 Å². The number of rotatable bonds is 4. The van der Waals surface area contributed by atoms with Crippen LogP contribution in [0.3, 0.4) is 0 Å². The van der Waals surface area contributed by atoms with Gasteiger partial charge in [0.2, 0.25) is 0 Å². The van der Waals surface area contributed by atoms with Crippen LogP contribution in [0.25, 0.3) is 10.9 Å². The van der Waals surface area contributed by atoms with Gasteiger partial charge in [0, 0.05) is 22.0 Å². The molecule has 1 aromatic carbocycles. The molecule has 1 heterocycles. The highest BCUT2D eigenvalue weighted by Crippen LogP contribution is 2.20. The summed E-state index contributed by atoms with van der Waals surface area (Å²) in [6.45, 7) is 3.22. The molecule has 2 rings (SSSR count). The highest BCUT2D eigenvalue weighted by Gasteiger charge is 2.22. The van der Waals surface area contributed by atoms with Crippen LogP contribution in [0.1, 0.15) is 24.3 Å². The normalized spacial score (nSPS) is 13.9. The van der Waals surface area contributed by atoms with Crippen molar-refractivity contribution in [2.24, 2.45) is 5.92 Å². The lowest BCUT2D eigenvalue weighted by molar-refractivity contribution is -0.141. The van der Waals surface area contributed by atoms with Gasteiger partial charge >= 0.3 is 5.97 Å². The lowest BCUT2D eigenvalue weighted by Gasteiger charge is -2.17. The quantitative estimate of drug-likeness (QED) is 0.811. The molecule has 0 radical (unpaired) electrons. The summed E-state index contributed by atoms with van der Waals surface area (Å²) < 4.78 is 0. The molecule has 0 saturated carbocycles. The fraction of sp³-hybridized carbons (Fsp3) is 0.286. The zero-order valence-corrected chi connectivity index (χ0v) is 11.9. The average molecular weight is 295 g/mol. The zero-order chi connectivity index (χ0) is 14.9. The van der Waals surface area contributed by atoms with E-state index in [0.717, 1.165) is 10.9 Å². The SMILES string of the molecule is CC(NC(=O)c1cc2ccc(Cl)cc2[nH]1)C(C)C(=O)O. The van der Waals surface area contributed by atoms with E-state index in [9.17, 15) is 9.59 Å². The van der Waals surface area contributed by atoms with Gasteiger partial charge in [0.1, 0.15) is 5.69 Å². The topological polar surface area (TPSA) is 82.2 Å².